The van der Waals surface area contributed by atoms with Gasteiger partial charge in [-0.05, 0) is 36.6 Å². The number of rotatable bonds is 6. The first-order valence-electron chi connectivity index (χ1n) is 10.1. The monoisotopic (exact) mass is 459 g/mol. The van der Waals surface area contributed by atoms with E-state index in [0.717, 1.165) is 16.7 Å². The van der Waals surface area contributed by atoms with Gasteiger partial charge in [-0.1, -0.05) is 48.0 Å². The Morgan fingerprint density at radius 2 is 1.76 bits per heavy atom. The van der Waals surface area contributed by atoms with E-state index in [0.29, 0.717) is 11.1 Å². The predicted molar refractivity (Wildman–Crippen MR) is 120 cm³/mol. The number of nitrogens with one attached hydrogen (secondary N) is 2. The van der Waals surface area contributed by atoms with E-state index in [9.17, 15) is 24.3 Å². The number of carbonyl (C=O) groups excluding carboxylic acids is 3. The summed E-state index contributed by atoms with van der Waals surface area (Å²) in [5.41, 5.74) is 3.88. The Bertz CT molecular complexity index is 1100. The average molecular weight is 459 g/mol. The van der Waals surface area contributed by atoms with Crippen molar-refractivity contribution in [2.24, 2.45) is 0 Å². The van der Waals surface area contributed by atoms with Crippen molar-refractivity contribution in [3.63, 3.8) is 0 Å². The summed E-state index contributed by atoms with van der Waals surface area (Å²) in [6.45, 7) is 3.55. The normalized spacial score (nSPS) is 16.4. The van der Waals surface area contributed by atoms with E-state index in [2.05, 4.69) is 10.6 Å². The van der Waals surface area contributed by atoms with E-state index >= 15 is 0 Å². The maximum absolute atomic E-state index is 12.6. The summed E-state index contributed by atoms with van der Waals surface area (Å²) in [5, 5.41) is 14.3. The van der Waals surface area contributed by atoms with E-state index in [-0.39, 0.29) is 37.4 Å². The molecule has 3 rings (SSSR count). The van der Waals surface area contributed by atoms with E-state index in [1.165, 1.54) is 18.1 Å². The van der Waals surface area contributed by atoms with Crippen LogP contribution in [0.25, 0.3) is 11.1 Å². The number of ketones is 1. The molecule has 33 heavy (non-hydrogen) atoms. The van der Waals surface area contributed by atoms with Crippen molar-refractivity contribution in [2.45, 2.75) is 32.4 Å². The molecule has 1 aliphatic rings. The fourth-order valence-corrected chi connectivity index (χ4v) is 3.53. The Kier molecular flexibility index (Phi) is 8.99. The smallest absolute Gasteiger partial charge is 1.00 e. The first-order valence-corrected chi connectivity index (χ1v) is 10.1. The van der Waals surface area contributed by atoms with Gasteiger partial charge in [-0.15, -0.1) is 0 Å². The summed E-state index contributed by atoms with van der Waals surface area (Å²) in [6.07, 6.45) is 1.04. The molecular formula is C24H26N3NaO5. The van der Waals surface area contributed by atoms with Crippen LogP contribution >= 0.6 is 0 Å². The van der Waals surface area contributed by atoms with Crippen LogP contribution in [0, 0.1) is 6.92 Å². The fourth-order valence-electron chi connectivity index (χ4n) is 3.53. The molecule has 0 fully saturated rings. The Hall–Kier alpha value is -2.94. The second-order valence-corrected chi connectivity index (χ2v) is 7.82. The van der Waals surface area contributed by atoms with Gasteiger partial charge in [-0.25, -0.2) is 4.79 Å². The van der Waals surface area contributed by atoms with E-state index < -0.39 is 35.8 Å². The number of hydrogen-bond donors (Lipinski definition) is 3. The molecule has 2 atom stereocenters. The van der Waals surface area contributed by atoms with Gasteiger partial charge in [-0.3, -0.25) is 14.4 Å². The van der Waals surface area contributed by atoms with Gasteiger partial charge in [0.15, 0.2) is 11.8 Å². The van der Waals surface area contributed by atoms with Gasteiger partial charge < -0.3 is 22.1 Å². The molecule has 0 bridgehead atoms. The number of carboxylic acids is 1. The van der Waals surface area contributed by atoms with Crippen LogP contribution in [0.3, 0.4) is 0 Å². The van der Waals surface area contributed by atoms with E-state index in [1.807, 2.05) is 43.3 Å². The SMILES string of the molecule is CC1=CN(C)C(=O)C(NC(=O)NC(CC(=O)O)c2cccc(-c3ccc(C)cc3)c2)C1=O.[H-].[Na+]. The summed E-state index contributed by atoms with van der Waals surface area (Å²) in [6, 6.07) is 12.1. The number of carboxylic acid groups (broad SMARTS) is 1. The number of nitrogens with zero attached hydrogens (tertiary/aromatic N) is 1. The fraction of sp³-hybridized carbons (Fsp3) is 0.250. The first kappa shape index (κ1) is 26.3. The minimum Gasteiger partial charge on any atom is -1.00 e. The van der Waals surface area contributed by atoms with Crippen LogP contribution in [0.2, 0.25) is 0 Å². The number of amides is 3. The number of benzene rings is 2. The Morgan fingerprint density at radius 3 is 2.39 bits per heavy atom. The molecule has 0 spiro atoms. The molecule has 0 radical (unpaired) electrons. The summed E-state index contributed by atoms with van der Waals surface area (Å²) < 4.78 is 0. The second-order valence-electron chi connectivity index (χ2n) is 7.82. The number of urea groups is 1. The molecule has 0 saturated heterocycles. The van der Waals surface area contributed by atoms with Crippen molar-refractivity contribution in [1.82, 2.24) is 15.5 Å². The molecule has 0 saturated carbocycles. The standard InChI is InChI=1S/C24H25N3O5.Na.H/c1-14-7-9-16(10-8-14)17-5-4-6-18(11-17)19(12-20(28)29)25-24(32)26-21-22(30)15(2)13-27(3)23(21)31;;/h4-11,13,19,21H,12H2,1-3H3,(H,28,29)(H2,25,26,32);;/q;+1;-1. The number of carbonyl (C=O) groups is 4. The van der Waals surface area contributed by atoms with Crippen molar-refractivity contribution in [2.75, 3.05) is 7.05 Å². The van der Waals surface area contributed by atoms with Gasteiger partial charge in [0.25, 0.3) is 5.91 Å². The topological polar surface area (TPSA) is 116 Å². The molecule has 168 valence electrons. The molecule has 3 N–H and O–H groups in total. The van der Waals surface area contributed by atoms with Crippen LogP contribution in [-0.2, 0) is 14.4 Å². The summed E-state index contributed by atoms with van der Waals surface area (Å²) in [7, 11) is 1.49. The third-order valence-corrected chi connectivity index (χ3v) is 5.27. The molecule has 1 aliphatic heterocycles. The number of likely N-dealkylation sites (N-methyl/N-ethyl adjacent to an activating group) is 1. The van der Waals surface area contributed by atoms with Crippen molar-refractivity contribution >= 4 is 23.7 Å². The zero-order chi connectivity index (χ0) is 23.4. The minimum atomic E-state index is -1.35. The molecule has 2 unspecified atom stereocenters. The van der Waals surface area contributed by atoms with Crippen molar-refractivity contribution in [3.8, 4) is 11.1 Å². The summed E-state index contributed by atoms with van der Waals surface area (Å²) >= 11 is 0. The zero-order valence-electron chi connectivity index (χ0n) is 20.1. The largest absolute Gasteiger partial charge is 1.00 e. The quantitative estimate of drug-likeness (QED) is 0.413. The Labute approximate surface area is 215 Å². The molecule has 2 aromatic carbocycles. The Morgan fingerprint density at radius 1 is 1.09 bits per heavy atom. The summed E-state index contributed by atoms with van der Waals surface area (Å²) in [4.78, 5) is 49.9. The maximum atomic E-state index is 12.6. The van der Waals surface area contributed by atoms with E-state index in [1.54, 1.807) is 19.1 Å². The van der Waals surface area contributed by atoms with Crippen LogP contribution in [-0.4, -0.2) is 46.8 Å². The van der Waals surface area contributed by atoms with Crippen LogP contribution in [0.5, 0.6) is 0 Å². The van der Waals surface area contributed by atoms with Gasteiger partial charge in [0, 0.05) is 18.8 Å². The third kappa shape index (κ3) is 6.54. The first-order chi connectivity index (χ1) is 15.2. The molecule has 0 aromatic heterocycles. The van der Waals surface area contributed by atoms with Gasteiger partial charge in [0.1, 0.15) is 0 Å². The van der Waals surface area contributed by atoms with Crippen molar-refractivity contribution in [3.05, 3.63) is 71.4 Å². The minimum absolute atomic E-state index is 0. The van der Waals surface area contributed by atoms with Crippen molar-refractivity contribution < 1.29 is 55.3 Å². The molecule has 0 aliphatic carbocycles. The van der Waals surface area contributed by atoms with Gasteiger partial charge in [0.05, 0.1) is 12.5 Å². The maximum Gasteiger partial charge on any atom is 1.00 e. The number of aliphatic carboxylic acids is 1. The molecular weight excluding hydrogens is 433 g/mol. The predicted octanol–water partition coefficient (Wildman–Crippen LogP) is -0.0930. The second kappa shape index (κ2) is 11.3. The zero-order valence-corrected chi connectivity index (χ0v) is 21.1. The third-order valence-electron chi connectivity index (χ3n) is 5.27. The van der Waals surface area contributed by atoms with Gasteiger partial charge >= 0.3 is 41.6 Å². The molecule has 1 heterocycles. The van der Waals surface area contributed by atoms with Crippen LogP contribution in [0.4, 0.5) is 4.79 Å². The number of Topliss-reactive ketones (excluding diaryl/α,β-unsaturated/α-hetero) is 1. The van der Waals surface area contributed by atoms with E-state index in [4.69, 9.17) is 0 Å². The summed E-state index contributed by atoms with van der Waals surface area (Å²) in [5.74, 6) is -2.16. The van der Waals surface area contributed by atoms with Gasteiger partial charge in [-0.2, -0.15) is 0 Å². The molecule has 2 aromatic rings. The molecule has 3 amide bonds. The Balaban J connectivity index is 0.00000289. The van der Waals surface area contributed by atoms with Crippen molar-refractivity contribution in [1.29, 1.82) is 0 Å². The molecule has 9 heteroatoms. The van der Waals surface area contributed by atoms with Gasteiger partial charge in [0.2, 0.25) is 0 Å². The average Bonchev–Trinajstić information content (AvgIpc) is 2.75. The molecule has 8 nitrogen and oxygen atoms in total. The number of aryl methyl sites for hydroxylation is 1. The number of hydrogen-bond acceptors (Lipinski definition) is 4. The van der Waals surface area contributed by atoms with Crippen LogP contribution in [0.15, 0.2) is 60.3 Å². The van der Waals surface area contributed by atoms with Crippen LogP contribution in [0.1, 0.15) is 31.9 Å². The van der Waals surface area contributed by atoms with Crippen LogP contribution < -0.4 is 40.2 Å².